The minimum absolute atomic E-state index is 0.0825. The highest BCUT2D eigenvalue weighted by Crippen LogP contribution is 2.37. The maximum atomic E-state index is 12.6. The fourth-order valence-corrected chi connectivity index (χ4v) is 2.87. The first-order chi connectivity index (χ1) is 10.4. The summed E-state index contributed by atoms with van der Waals surface area (Å²) in [6.07, 6.45) is -3.07. The number of halogens is 3. The Morgan fingerprint density at radius 2 is 1.77 bits per heavy atom. The summed E-state index contributed by atoms with van der Waals surface area (Å²) in [7, 11) is 0. The normalized spacial score (nSPS) is 23.8. The van der Waals surface area contributed by atoms with Gasteiger partial charge in [0.25, 0.3) is 0 Å². The van der Waals surface area contributed by atoms with Crippen LogP contribution in [0.4, 0.5) is 13.2 Å². The van der Waals surface area contributed by atoms with Crippen LogP contribution in [0.3, 0.4) is 0 Å². The van der Waals surface area contributed by atoms with Gasteiger partial charge in [-0.2, -0.15) is 13.2 Å². The van der Waals surface area contributed by atoms with Crippen LogP contribution in [0.25, 0.3) is 0 Å². The summed E-state index contributed by atoms with van der Waals surface area (Å²) in [5.41, 5.74) is 6.84. The quantitative estimate of drug-likeness (QED) is 0.896. The van der Waals surface area contributed by atoms with Crippen molar-refractivity contribution in [3.05, 3.63) is 35.9 Å². The Balaban J connectivity index is 1.77. The number of rotatable bonds is 4. The van der Waals surface area contributed by atoms with Crippen LogP contribution in [0, 0.1) is 5.92 Å². The summed E-state index contributed by atoms with van der Waals surface area (Å²) >= 11 is 0. The van der Waals surface area contributed by atoms with E-state index in [-0.39, 0.29) is 31.2 Å². The molecule has 3 nitrogen and oxygen atoms in total. The van der Waals surface area contributed by atoms with E-state index in [1.165, 1.54) is 0 Å². The van der Waals surface area contributed by atoms with Crippen molar-refractivity contribution in [3.8, 4) is 0 Å². The number of nitrogens with two attached hydrogens (primary N) is 1. The van der Waals surface area contributed by atoms with Crippen LogP contribution >= 0.6 is 0 Å². The topological polar surface area (TPSA) is 55.1 Å². The average Bonchev–Trinajstić information content (AvgIpc) is 2.47. The molecule has 1 fully saturated rings. The lowest BCUT2D eigenvalue weighted by Crippen LogP contribution is -2.40. The van der Waals surface area contributed by atoms with Crippen LogP contribution in [-0.2, 0) is 4.79 Å². The van der Waals surface area contributed by atoms with Crippen molar-refractivity contribution in [2.45, 2.75) is 50.4 Å². The fourth-order valence-electron chi connectivity index (χ4n) is 2.87. The number of hydrogen-bond donors (Lipinski definition) is 2. The molecule has 0 spiro atoms. The number of carbonyl (C=O) groups is 1. The Labute approximate surface area is 128 Å². The molecule has 1 aromatic carbocycles. The molecule has 0 aromatic heterocycles. The summed E-state index contributed by atoms with van der Waals surface area (Å²) in [6.45, 7) is 0. The van der Waals surface area contributed by atoms with Crippen molar-refractivity contribution in [2.24, 2.45) is 11.7 Å². The van der Waals surface area contributed by atoms with Crippen molar-refractivity contribution in [1.82, 2.24) is 5.32 Å². The van der Waals surface area contributed by atoms with Crippen molar-refractivity contribution < 1.29 is 18.0 Å². The zero-order chi connectivity index (χ0) is 16.2. The van der Waals surface area contributed by atoms with Crippen LogP contribution in [0.5, 0.6) is 0 Å². The number of hydrogen-bond acceptors (Lipinski definition) is 2. The van der Waals surface area contributed by atoms with E-state index in [0.717, 1.165) is 5.56 Å². The predicted octanol–water partition coefficient (Wildman–Crippen LogP) is 3.31. The molecule has 1 aromatic rings. The van der Waals surface area contributed by atoms with Crippen molar-refractivity contribution in [1.29, 1.82) is 0 Å². The van der Waals surface area contributed by atoms with Crippen LogP contribution in [0.15, 0.2) is 30.3 Å². The highest BCUT2D eigenvalue weighted by atomic mass is 19.4. The molecule has 3 N–H and O–H groups in total. The van der Waals surface area contributed by atoms with Crippen LogP contribution in [-0.4, -0.2) is 18.1 Å². The standard InChI is InChI=1S/C16H21F3N2O/c17-16(18,19)12-6-8-13(9-7-12)21-15(22)10-14(20)11-4-2-1-3-5-11/h1-5,12-14H,6-10,20H2,(H,21,22). The summed E-state index contributed by atoms with van der Waals surface area (Å²) in [4.78, 5) is 12.0. The Morgan fingerprint density at radius 3 is 2.32 bits per heavy atom. The number of nitrogens with one attached hydrogen (secondary N) is 1. The molecule has 0 aliphatic heterocycles. The first kappa shape index (κ1) is 16.8. The van der Waals surface area contributed by atoms with Gasteiger partial charge < -0.3 is 11.1 Å². The Hall–Kier alpha value is -1.56. The number of amides is 1. The molecular weight excluding hydrogens is 293 g/mol. The molecule has 6 heteroatoms. The SMILES string of the molecule is NC(CC(=O)NC1CCC(C(F)(F)F)CC1)c1ccccc1. The molecule has 0 radical (unpaired) electrons. The van der Waals surface area contributed by atoms with E-state index >= 15 is 0 Å². The minimum atomic E-state index is -4.12. The smallest absolute Gasteiger partial charge is 0.353 e. The zero-order valence-electron chi connectivity index (χ0n) is 12.3. The third kappa shape index (κ3) is 4.73. The number of benzene rings is 1. The van der Waals surface area contributed by atoms with Gasteiger partial charge in [0.1, 0.15) is 0 Å². The summed E-state index contributed by atoms with van der Waals surface area (Å²) in [5, 5.41) is 2.81. The van der Waals surface area contributed by atoms with Crippen LogP contribution in [0.1, 0.15) is 43.7 Å². The second kappa shape index (κ2) is 7.13. The van der Waals surface area contributed by atoms with Gasteiger partial charge in [-0.3, -0.25) is 4.79 Å². The molecular formula is C16H21F3N2O. The molecule has 1 unspecified atom stereocenters. The lowest BCUT2D eigenvalue weighted by atomic mass is 9.85. The third-order valence-corrected chi connectivity index (χ3v) is 4.19. The minimum Gasteiger partial charge on any atom is -0.353 e. The lowest BCUT2D eigenvalue weighted by Gasteiger charge is -2.30. The van der Waals surface area contributed by atoms with Gasteiger partial charge in [0.05, 0.1) is 5.92 Å². The molecule has 22 heavy (non-hydrogen) atoms. The van der Waals surface area contributed by atoms with Gasteiger partial charge >= 0.3 is 6.18 Å². The largest absolute Gasteiger partial charge is 0.391 e. The molecule has 1 amide bonds. The predicted molar refractivity (Wildman–Crippen MR) is 77.9 cm³/mol. The Bertz CT molecular complexity index is 482. The van der Waals surface area contributed by atoms with Crippen molar-refractivity contribution in [2.75, 3.05) is 0 Å². The Kier molecular flexibility index (Phi) is 5.45. The first-order valence-corrected chi connectivity index (χ1v) is 7.53. The van der Waals surface area contributed by atoms with Gasteiger partial charge in [0.2, 0.25) is 5.91 Å². The monoisotopic (exact) mass is 314 g/mol. The first-order valence-electron chi connectivity index (χ1n) is 7.53. The maximum Gasteiger partial charge on any atom is 0.391 e. The van der Waals surface area contributed by atoms with Crippen LogP contribution < -0.4 is 11.1 Å². The maximum absolute atomic E-state index is 12.6. The lowest BCUT2D eigenvalue weighted by molar-refractivity contribution is -0.182. The molecule has 1 aliphatic rings. The summed E-state index contributed by atoms with van der Waals surface area (Å²) in [5.74, 6) is -1.43. The third-order valence-electron chi connectivity index (χ3n) is 4.19. The number of carbonyl (C=O) groups excluding carboxylic acids is 1. The van der Waals surface area contributed by atoms with Crippen LogP contribution in [0.2, 0.25) is 0 Å². The zero-order valence-corrected chi connectivity index (χ0v) is 12.3. The number of alkyl halides is 3. The fraction of sp³-hybridized carbons (Fsp3) is 0.562. The summed E-state index contributed by atoms with van der Waals surface area (Å²) in [6, 6.07) is 8.72. The van der Waals surface area contributed by atoms with E-state index in [2.05, 4.69) is 5.32 Å². The summed E-state index contributed by atoms with van der Waals surface area (Å²) < 4.78 is 37.8. The second-order valence-electron chi connectivity index (χ2n) is 5.88. The van der Waals surface area contributed by atoms with Gasteiger partial charge in [-0.1, -0.05) is 30.3 Å². The van der Waals surface area contributed by atoms with E-state index in [0.29, 0.717) is 12.8 Å². The van der Waals surface area contributed by atoms with E-state index < -0.39 is 18.1 Å². The van der Waals surface area contributed by atoms with Gasteiger partial charge in [-0.15, -0.1) is 0 Å². The molecule has 0 bridgehead atoms. The van der Waals surface area contributed by atoms with Crippen molar-refractivity contribution in [3.63, 3.8) is 0 Å². The van der Waals surface area contributed by atoms with Crippen molar-refractivity contribution >= 4 is 5.91 Å². The second-order valence-corrected chi connectivity index (χ2v) is 5.88. The van der Waals surface area contributed by atoms with E-state index in [1.807, 2.05) is 30.3 Å². The molecule has 1 aliphatic carbocycles. The van der Waals surface area contributed by atoms with E-state index in [1.54, 1.807) is 0 Å². The molecule has 2 rings (SSSR count). The van der Waals surface area contributed by atoms with Gasteiger partial charge in [0.15, 0.2) is 0 Å². The molecule has 1 saturated carbocycles. The highest BCUT2D eigenvalue weighted by Gasteiger charge is 2.41. The Morgan fingerprint density at radius 1 is 1.18 bits per heavy atom. The average molecular weight is 314 g/mol. The van der Waals surface area contributed by atoms with Gasteiger partial charge in [-0.25, -0.2) is 0 Å². The molecule has 0 heterocycles. The molecule has 122 valence electrons. The highest BCUT2D eigenvalue weighted by molar-refractivity contribution is 5.77. The molecule has 0 saturated heterocycles. The van der Waals surface area contributed by atoms with E-state index in [4.69, 9.17) is 5.73 Å². The molecule has 1 atom stereocenters. The van der Waals surface area contributed by atoms with E-state index in [9.17, 15) is 18.0 Å². The van der Waals surface area contributed by atoms with Gasteiger partial charge in [0, 0.05) is 18.5 Å². The van der Waals surface area contributed by atoms with Gasteiger partial charge in [-0.05, 0) is 31.2 Å².